The molecule has 2 aliphatic heterocycles. The van der Waals surface area contributed by atoms with Crippen LogP contribution in [0.2, 0.25) is 0 Å². The van der Waals surface area contributed by atoms with Crippen LogP contribution in [0.25, 0.3) is 11.0 Å². The molecule has 2 saturated heterocycles. The average Bonchev–Trinajstić information content (AvgIpc) is 3.64. The molecule has 1 aliphatic carbocycles. The van der Waals surface area contributed by atoms with Crippen molar-refractivity contribution in [2.24, 2.45) is 7.05 Å². The molecule has 39 heavy (non-hydrogen) atoms. The highest BCUT2D eigenvalue weighted by atomic mass is 19.4. The molecule has 210 valence electrons. The topological polar surface area (TPSA) is 95.7 Å². The van der Waals surface area contributed by atoms with E-state index in [9.17, 15) is 18.0 Å². The number of aromatic nitrogens is 4. The smallest absolute Gasteiger partial charge is 0.427 e. The summed E-state index contributed by atoms with van der Waals surface area (Å²) in [6.07, 6.45) is 0.433. The number of imidazole rings is 1. The largest absolute Gasteiger partial charge is 0.490 e. The Bertz CT molecular complexity index is 1330. The van der Waals surface area contributed by atoms with Gasteiger partial charge in [-0.25, -0.2) is 9.78 Å². The predicted octanol–water partition coefficient (Wildman–Crippen LogP) is 4.94. The molecule has 2 aromatic heterocycles. The molecule has 3 fully saturated rings. The fourth-order valence-corrected chi connectivity index (χ4v) is 5.66. The van der Waals surface area contributed by atoms with Gasteiger partial charge in [0.25, 0.3) is 0 Å². The molecule has 3 aliphatic rings. The number of anilines is 2. The Balaban J connectivity index is 1.13. The van der Waals surface area contributed by atoms with Crippen LogP contribution in [0.1, 0.15) is 44.6 Å². The van der Waals surface area contributed by atoms with Crippen molar-refractivity contribution in [2.75, 3.05) is 25.1 Å². The minimum Gasteiger partial charge on any atom is -0.490 e. The summed E-state index contributed by atoms with van der Waals surface area (Å²) >= 11 is 0. The molecule has 0 bridgehead atoms. The monoisotopic (exact) mass is 548 g/mol. The number of carbonyl (C=O) groups excluding carboxylic acids is 1. The first kappa shape index (κ1) is 25.8. The molecule has 10 nitrogen and oxygen atoms in total. The second-order valence-corrected chi connectivity index (χ2v) is 10.5. The number of aryl methyl sites for hydroxylation is 1. The number of rotatable bonds is 6. The summed E-state index contributed by atoms with van der Waals surface area (Å²) < 4.78 is 59.4. The molecule has 0 radical (unpaired) electrons. The van der Waals surface area contributed by atoms with Crippen molar-refractivity contribution in [2.45, 2.75) is 69.0 Å². The zero-order valence-corrected chi connectivity index (χ0v) is 21.6. The number of fused-ring (bicyclic) bond motifs is 1. The summed E-state index contributed by atoms with van der Waals surface area (Å²) in [4.78, 5) is 17.8. The number of nitrogens with zero attached hydrogens (tertiary/aromatic N) is 5. The van der Waals surface area contributed by atoms with Crippen LogP contribution < -0.4 is 10.1 Å². The van der Waals surface area contributed by atoms with Gasteiger partial charge in [-0.2, -0.15) is 18.3 Å². The lowest BCUT2D eigenvalue weighted by Crippen LogP contribution is -2.42. The fourth-order valence-electron chi connectivity index (χ4n) is 5.66. The van der Waals surface area contributed by atoms with Gasteiger partial charge in [-0.1, -0.05) is 0 Å². The van der Waals surface area contributed by atoms with E-state index in [0.717, 1.165) is 36.2 Å². The van der Waals surface area contributed by atoms with Crippen molar-refractivity contribution in [3.63, 3.8) is 0 Å². The van der Waals surface area contributed by atoms with Gasteiger partial charge in [-0.05, 0) is 38.5 Å². The van der Waals surface area contributed by atoms with Gasteiger partial charge in [-0.15, -0.1) is 0 Å². The molecule has 13 heteroatoms. The highest BCUT2D eigenvalue weighted by Crippen LogP contribution is 2.36. The Labute approximate surface area is 223 Å². The van der Waals surface area contributed by atoms with Crippen LogP contribution in [0.15, 0.2) is 30.7 Å². The molecule has 3 aromatic rings. The summed E-state index contributed by atoms with van der Waals surface area (Å²) in [7, 11) is 1.91. The standard InChI is InChI=1S/C26H31F3N6O4/c1-33-15-30-24-20(31-23-8-9-35(32-23)17-3-2-10-37-14-17)11-19(12-21(24)33)38-18-6-4-16(5-7-18)34-13-22(26(27,28)29)39-25(34)36/h8-9,11-12,15-18,22H,2-7,10,13-14H2,1H3,(H,31,32)/t16?,17-,18?,22-/m1/s1. The van der Waals surface area contributed by atoms with E-state index < -0.39 is 24.9 Å². The van der Waals surface area contributed by atoms with E-state index in [0.29, 0.717) is 43.9 Å². The fraction of sp³-hybridized carbons (Fsp3) is 0.577. The highest BCUT2D eigenvalue weighted by molar-refractivity contribution is 5.91. The third kappa shape index (κ3) is 5.36. The lowest BCUT2D eigenvalue weighted by atomic mass is 9.92. The van der Waals surface area contributed by atoms with Gasteiger partial charge in [-0.3, -0.25) is 4.68 Å². The minimum absolute atomic E-state index is 0.123. The summed E-state index contributed by atoms with van der Waals surface area (Å²) in [5.74, 6) is 1.36. The summed E-state index contributed by atoms with van der Waals surface area (Å²) in [6.45, 7) is 0.992. The Hall–Kier alpha value is -3.48. The molecule has 1 saturated carbocycles. The van der Waals surface area contributed by atoms with Crippen LogP contribution >= 0.6 is 0 Å². The Morgan fingerprint density at radius 1 is 1.13 bits per heavy atom. The molecule has 0 spiro atoms. The van der Waals surface area contributed by atoms with Crippen LogP contribution in [0.3, 0.4) is 0 Å². The number of nitrogens with one attached hydrogen (secondary N) is 1. The van der Waals surface area contributed by atoms with Crippen molar-refractivity contribution in [1.29, 1.82) is 0 Å². The van der Waals surface area contributed by atoms with Crippen LogP contribution in [0, 0.1) is 0 Å². The Morgan fingerprint density at radius 3 is 2.67 bits per heavy atom. The number of ether oxygens (including phenoxy) is 3. The van der Waals surface area contributed by atoms with Crippen LogP contribution in [0.5, 0.6) is 5.75 Å². The van der Waals surface area contributed by atoms with Gasteiger partial charge in [0, 0.05) is 44.1 Å². The van der Waals surface area contributed by atoms with Crippen molar-refractivity contribution in [1.82, 2.24) is 24.2 Å². The summed E-state index contributed by atoms with van der Waals surface area (Å²) in [5.41, 5.74) is 2.44. The Morgan fingerprint density at radius 2 is 1.95 bits per heavy atom. The van der Waals surface area contributed by atoms with Crippen molar-refractivity contribution in [3.05, 3.63) is 30.7 Å². The van der Waals surface area contributed by atoms with Gasteiger partial charge >= 0.3 is 12.3 Å². The van der Waals surface area contributed by atoms with E-state index in [1.165, 1.54) is 4.90 Å². The van der Waals surface area contributed by atoms with Crippen LogP contribution in [-0.2, 0) is 16.5 Å². The van der Waals surface area contributed by atoms with Crippen molar-refractivity contribution >= 4 is 28.6 Å². The maximum Gasteiger partial charge on any atom is 0.427 e. The maximum absolute atomic E-state index is 13.0. The first-order chi connectivity index (χ1) is 18.7. The highest BCUT2D eigenvalue weighted by Gasteiger charge is 2.51. The normalized spacial score (nSPS) is 26.2. The number of halogens is 3. The summed E-state index contributed by atoms with van der Waals surface area (Å²) in [6, 6.07) is 5.69. The van der Waals surface area contributed by atoms with E-state index in [-0.39, 0.29) is 18.2 Å². The molecule has 4 heterocycles. The van der Waals surface area contributed by atoms with Crippen LogP contribution in [-0.4, -0.2) is 74.5 Å². The van der Waals surface area contributed by atoms with Gasteiger partial charge in [0.15, 0.2) is 5.82 Å². The van der Waals surface area contributed by atoms with E-state index in [1.54, 1.807) is 6.33 Å². The van der Waals surface area contributed by atoms with E-state index in [1.807, 2.05) is 40.7 Å². The quantitative estimate of drug-likeness (QED) is 0.466. The number of alkyl halides is 3. The molecular formula is C26H31F3N6O4. The number of amides is 1. The van der Waals surface area contributed by atoms with Crippen molar-refractivity contribution in [3.8, 4) is 5.75 Å². The van der Waals surface area contributed by atoms with Crippen LogP contribution in [0.4, 0.5) is 29.5 Å². The van der Waals surface area contributed by atoms with Gasteiger partial charge < -0.3 is 29.0 Å². The van der Waals surface area contributed by atoms with Gasteiger partial charge in [0.2, 0.25) is 6.10 Å². The Kier molecular flexibility index (Phi) is 6.77. The molecule has 2 atom stereocenters. The number of carbonyl (C=O) groups is 1. The average molecular weight is 549 g/mol. The van der Waals surface area contributed by atoms with E-state index in [4.69, 9.17) is 14.6 Å². The lowest BCUT2D eigenvalue weighted by molar-refractivity contribution is -0.192. The second-order valence-electron chi connectivity index (χ2n) is 10.5. The molecule has 1 N–H and O–H groups in total. The second kappa shape index (κ2) is 10.2. The van der Waals surface area contributed by atoms with Gasteiger partial charge in [0.1, 0.15) is 11.3 Å². The minimum atomic E-state index is -4.55. The third-order valence-corrected chi connectivity index (χ3v) is 7.78. The first-order valence-corrected chi connectivity index (χ1v) is 13.3. The summed E-state index contributed by atoms with van der Waals surface area (Å²) in [5, 5.41) is 8.08. The SMILES string of the molecule is Cn1cnc2c(Nc3ccn([C@@H]4CCCOC4)n3)cc(OC3CCC(N4C[C@H](C(F)(F)F)OC4=O)CC3)cc21. The maximum atomic E-state index is 13.0. The predicted molar refractivity (Wildman–Crippen MR) is 135 cm³/mol. The number of hydrogen-bond donors (Lipinski definition) is 1. The molecule has 1 amide bonds. The van der Waals surface area contributed by atoms with E-state index in [2.05, 4.69) is 15.0 Å². The zero-order valence-electron chi connectivity index (χ0n) is 21.6. The number of hydrogen-bond acceptors (Lipinski definition) is 7. The molecule has 6 rings (SSSR count). The van der Waals surface area contributed by atoms with Gasteiger partial charge in [0.05, 0.1) is 42.8 Å². The van der Waals surface area contributed by atoms with E-state index >= 15 is 0 Å². The van der Waals surface area contributed by atoms with Crippen molar-refractivity contribution < 1.29 is 32.2 Å². The molecular weight excluding hydrogens is 517 g/mol. The number of cyclic esters (lactones) is 1. The third-order valence-electron chi connectivity index (χ3n) is 7.78. The molecule has 1 aromatic carbocycles. The number of benzene rings is 1. The zero-order chi connectivity index (χ0) is 27.1. The lowest BCUT2D eigenvalue weighted by Gasteiger charge is -2.33. The molecule has 0 unspecified atom stereocenters. The first-order valence-electron chi connectivity index (χ1n) is 13.3.